The van der Waals surface area contributed by atoms with Crippen LogP contribution in [0, 0.1) is 11.8 Å². The van der Waals surface area contributed by atoms with Gasteiger partial charge in [-0.3, -0.25) is 0 Å². The average Bonchev–Trinajstić information content (AvgIpc) is 2.42. The first-order valence-electron chi connectivity index (χ1n) is 7.36. The Labute approximate surface area is 110 Å². The van der Waals surface area contributed by atoms with Gasteiger partial charge in [-0.2, -0.15) is 0 Å². The summed E-state index contributed by atoms with van der Waals surface area (Å²) in [7, 11) is 0. The monoisotopic (exact) mass is 254 g/mol. The topological polar surface area (TPSA) is 41.6 Å². The van der Waals surface area contributed by atoms with Gasteiger partial charge in [0, 0.05) is 19.6 Å². The Bertz CT molecular complexity index is 257. The third-order valence-electron chi connectivity index (χ3n) is 4.26. The molecule has 0 unspecified atom stereocenters. The second-order valence-corrected chi connectivity index (χ2v) is 5.75. The number of carbonyl (C=O) groups excluding carboxylic acids is 1. The zero-order valence-electron chi connectivity index (χ0n) is 11.5. The maximum absolute atomic E-state index is 11.9. The number of rotatable bonds is 3. The van der Waals surface area contributed by atoms with Crippen molar-refractivity contribution in [2.45, 2.75) is 39.0 Å². The molecule has 4 heteroatoms. The van der Waals surface area contributed by atoms with E-state index in [2.05, 4.69) is 12.2 Å². The Balaban J connectivity index is 1.58. The predicted molar refractivity (Wildman–Crippen MR) is 71.5 cm³/mol. The fourth-order valence-electron chi connectivity index (χ4n) is 2.88. The second kappa shape index (κ2) is 6.98. The predicted octanol–water partition coefficient (Wildman–Crippen LogP) is 2.24. The molecule has 1 aliphatic heterocycles. The van der Waals surface area contributed by atoms with Crippen LogP contribution in [0.1, 0.15) is 39.0 Å². The molecule has 2 rings (SSSR count). The molecule has 0 bridgehead atoms. The summed E-state index contributed by atoms with van der Waals surface area (Å²) in [6.45, 7) is 5.98. The highest BCUT2D eigenvalue weighted by molar-refractivity contribution is 5.74. The maximum Gasteiger partial charge on any atom is 0.317 e. The van der Waals surface area contributed by atoms with Crippen molar-refractivity contribution in [3.05, 3.63) is 0 Å². The first-order chi connectivity index (χ1) is 8.75. The van der Waals surface area contributed by atoms with E-state index in [1.807, 2.05) is 4.90 Å². The van der Waals surface area contributed by atoms with Crippen LogP contribution in [0.4, 0.5) is 4.79 Å². The van der Waals surface area contributed by atoms with Gasteiger partial charge in [-0.05, 0) is 18.3 Å². The zero-order chi connectivity index (χ0) is 12.8. The van der Waals surface area contributed by atoms with E-state index in [1.165, 1.54) is 25.7 Å². The SMILES string of the molecule is CC1CCC(CCNC(=O)N2CCOCC2)CC1. The molecular formula is C14H26N2O2. The van der Waals surface area contributed by atoms with E-state index in [-0.39, 0.29) is 6.03 Å². The fourth-order valence-corrected chi connectivity index (χ4v) is 2.88. The Morgan fingerprint density at radius 1 is 1.22 bits per heavy atom. The lowest BCUT2D eigenvalue weighted by Crippen LogP contribution is -2.46. The summed E-state index contributed by atoms with van der Waals surface area (Å²) >= 11 is 0. The molecule has 0 aromatic carbocycles. The van der Waals surface area contributed by atoms with Crippen LogP contribution in [0.3, 0.4) is 0 Å². The van der Waals surface area contributed by atoms with Crippen LogP contribution in [0.5, 0.6) is 0 Å². The number of amides is 2. The van der Waals surface area contributed by atoms with Gasteiger partial charge in [0.2, 0.25) is 0 Å². The molecule has 0 aromatic rings. The molecule has 2 amide bonds. The van der Waals surface area contributed by atoms with Crippen molar-refractivity contribution in [3.63, 3.8) is 0 Å². The molecule has 0 radical (unpaired) electrons. The van der Waals surface area contributed by atoms with Gasteiger partial charge in [-0.1, -0.05) is 32.6 Å². The minimum atomic E-state index is 0.0856. The van der Waals surface area contributed by atoms with Crippen molar-refractivity contribution < 1.29 is 9.53 Å². The van der Waals surface area contributed by atoms with Gasteiger partial charge in [0.15, 0.2) is 0 Å². The first-order valence-corrected chi connectivity index (χ1v) is 7.36. The van der Waals surface area contributed by atoms with Crippen molar-refractivity contribution in [1.82, 2.24) is 10.2 Å². The Morgan fingerprint density at radius 2 is 1.89 bits per heavy atom. The number of hydrogen-bond donors (Lipinski definition) is 1. The van der Waals surface area contributed by atoms with E-state index in [1.54, 1.807) is 0 Å². The minimum absolute atomic E-state index is 0.0856. The van der Waals surface area contributed by atoms with Crippen molar-refractivity contribution >= 4 is 6.03 Å². The van der Waals surface area contributed by atoms with Crippen molar-refractivity contribution in [1.29, 1.82) is 0 Å². The number of ether oxygens (including phenoxy) is 1. The molecule has 0 aromatic heterocycles. The Morgan fingerprint density at radius 3 is 2.56 bits per heavy atom. The van der Waals surface area contributed by atoms with Crippen LogP contribution in [0.15, 0.2) is 0 Å². The van der Waals surface area contributed by atoms with Crippen LogP contribution in [0.25, 0.3) is 0 Å². The summed E-state index contributed by atoms with van der Waals surface area (Å²) in [4.78, 5) is 13.7. The lowest BCUT2D eigenvalue weighted by molar-refractivity contribution is 0.0531. The first kappa shape index (κ1) is 13.7. The van der Waals surface area contributed by atoms with Crippen molar-refractivity contribution in [3.8, 4) is 0 Å². The van der Waals surface area contributed by atoms with E-state index in [0.717, 1.165) is 37.9 Å². The maximum atomic E-state index is 11.9. The highest BCUT2D eigenvalue weighted by Crippen LogP contribution is 2.29. The lowest BCUT2D eigenvalue weighted by atomic mass is 9.81. The number of nitrogens with one attached hydrogen (secondary N) is 1. The molecule has 104 valence electrons. The number of nitrogens with zero attached hydrogens (tertiary/aromatic N) is 1. The fraction of sp³-hybridized carbons (Fsp3) is 0.929. The summed E-state index contributed by atoms with van der Waals surface area (Å²) < 4.78 is 5.24. The molecule has 1 saturated heterocycles. The van der Waals surface area contributed by atoms with Crippen LogP contribution in [-0.2, 0) is 4.74 Å². The molecule has 1 saturated carbocycles. The van der Waals surface area contributed by atoms with E-state index >= 15 is 0 Å². The molecule has 0 spiro atoms. The van der Waals surface area contributed by atoms with Gasteiger partial charge >= 0.3 is 6.03 Å². The molecule has 2 aliphatic rings. The van der Waals surface area contributed by atoms with Crippen LogP contribution < -0.4 is 5.32 Å². The molecule has 0 atom stereocenters. The Hall–Kier alpha value is -0.770. The molecule has 2 fully saturated rings. The van der Waals surface area contributed by atoms with Crippen molar-refractivity contribution in [2.75, 3.05) is 32.8 Å². The van der Waals surface area contributed by atoms with Crippen LogP contribution in [0.2, 0.25) is 0 Å². The minimum Gasteiger partial charge on any atom is -0.378 e. The molecule has 18 heavy (non-hydrogen) atoms. The van der Waals surface area contributed by atoms with Gasteiger partial charge in [0.25, 0.3) is 0 Å². The lowest BCUT2D eigenvalue weighted by Gasteiger charge is -2.28. The highest BCUT2D eigenvalue weighted by atomic mass is 16.5. The Kier molecular flexibility index (Phi) is 5.29. The third-order valence-corrected chi connectivity index (χ3v) is 4.26. The summed E-state index contributed by atoms with van der Waals surface area (Å²) in [5.74, 6) is 1.73. The number of carbonyl (C=O) groups is 1. The van der Waals surface area contributed by atoms with Gasteiger partial charge in [0.1, 0.15) is 0 Å². The molecule has 1 aliphatic carbocycles. The van der Waals surface area contributed by atoms with E-state index < -0.39 is 0 Å². The average molecular weight is 254 g/mol. The summed E-state index contributed by atoms with van der Waals surface area (Å²) in [5.41, 5.74) is 0. The zero-order valence-corrected chi connectivity index (χ0v) is 11.5. The molecule has 1 heterocycles. The normalized spacial score (nSPS) is 29.1. The quantitative estimate of drug-likeness (QED) is 0.839. The van der Waals surface area contributed by atoms with Gasteiger partial charge in [-0.25, -0.2) is 4.79 Å². The van der Waals surface area contributed by atoms with Crippen LogP contribution in [-0.4, -0.2) is 43.8 Å². The van der Waals surface area contributed by atoms with E-state index in [4.69, 9.17) is 4.74 Å². The van der Waals surface area contributed by atoms with Gasteiger partial charge in [-0.15, -0.1) is 0 Å². The summed E-state index contributed by atoms with van der Waals surface area (Å²) in [5, 5.41) is 3.04. The van der Waals surface area contributed by atoms with Gasteiger partial charge < -0.3 is 15.0 Å². The smallest absolute Gasteiger partial charge is 0.317 e. The van der Waals surface area contributed by atoms with E-state index in [0.29, 0.717) is 13.2 Å². The van der Waals surface area contributed by atoms with E-state index in [9.17, 15) is 4.79 Å². The summed E-state index contributed by atoms with van der Waals surface area (Å²) in [6.07, 6.45) is 6.55. The molecular weight excluding hydrogens is 228 g/mol. The number of urea groups is 1. The number of hydrogen-bond acceptors (Lipinski definition) is 2. The largest absolute Gasteiger partial charge is 0.378 e. The van der Waals surface area contributed by atoms with Gasteiger partial charge in [0.05, 0.1) is 13.2 Å². The molecule has 1 N–H and O–H groups in total. The second-order valence-electron chi connectivity index (χ2n) is 5.75. The van der Waals surface area contributed by atoms with Crippen molar-refractivity contribution in [2.24, 2.45) is 11.8 Å². The standard InChI is InChI=1S/C14H26N2O2/c1-12-2-4-13(5-3-12)6-7-15-14(17)16-8-10-18-11-9-16/h12-13H,2-11H2,1H3,(H,15,17). The summed E-state index contributed by atoms with van der Waals surface area (Å²) in [6, 6.07) is 0.0856. The highest BCUT2D eigenvalue weighted by Gasteiger charge is 2.19. The number of morpholine rings is 1. The van der Waals surface area contributed by atoms with Crippen LogP contribution >= 0.6 is 0 Å². The molecule has 4 nitrogen and oxygen atoms in total. The third kappa shape index (κ3) is 4.16.